The highest BCUT2D eigenvalue weighted by Gasteiger charge is 2.37. The average Bonchev–Trinajstić information content (AvgIpc) is 3.71. The minimum Gasteiger partial charge on any atom is -0.494 e. The molecule has 1 aliphatic heterocycles. The largest absolute Gasteiger partial charge is 0.494 e. The Hall–Kier alpha value is -4.02. The number of aryl methyl sites for hydroxylation is 1. The summed E-state index contributed by atoms with van der Waals surface area (Å²) in [6.45, 7) is 3.83. The van der Waals surface area contributed by atoms with Crippen molar-refractivity contribution in [3.8, 4) is 16.9 Å². The fraction of sp³-hybridized carbons (Fsp3) is 0.267. The maximum atomic E-state index is 15.8. The average molecular weight is 563 g/mol. The number of benzene rings is 3. The summed E-state index contributed by atoms with van der Waals surface area (Å²) in [5, 5.41) is 9.51. The second-order valence-corrected chi connectivity index (χ2v) is 12.3. The molecule has 0 saturated heterocycles. The summed E-state index contributed by atoms with van der Waals surface area (Å²) >= 11 is 0. The molecule has 4 aromatic rings. The van der Waals surface area contributed by atoms with E-state index in [2.05, 4.69) is 0 Å². The minimum atomic E-state index is -3.78. The molecule has 2 heterocycles. The lowest BCUT2D eigenvalue weighted by Crippen LogP contribution is -2.28. The number of hydrogen-bond acceptors (Lipinski definition) is 5. The van der Waals surface area contributed by atoms with Crippen LogP contribution in [0.5, 0.6) is 5.75 Å². The molecule has 8 nitrogen and oxygen atoms in total. The molecule has 1 fully saturated rings. The number of halogens is 1. The summed E-state index contributed by atoms with van der Waals surface area (Å²) in [5.41, 5.74) is 2.26. The van der Waals surface area contributed by atoms with Crippen LogP contribution in [0.2, 0.25) is 0 Å². The van der Waals surface area contributed by atoms with E-state index in [4.69, 9.17) is 4.74 Å². The Labute approximate surface area is 230 Å². The number of aromatic carboxylic acids is 1. The van der Waals surface area contributed by atoms with Gasteiger partial charge in [-0.25, -0.2) is 17.6 Å². The van der Waals surface area contributed by atoms with Crippen molar-refractivity contribution >= 4 is 26.9 Å². The highest BCUT2D eigenvalue weighted by Crippen LogP contribution is 2.45. The molecule has 1 saturated carbocycles. The smallest absolute Gasteiger partial charge is 0.341 e. The van der Waals surface area contributed by atoms with Crippen molar-refractivity contribution in [3.63, 3.8) is 0 Å². The summed E-state index contributed by atoms with van der Waals surface area (Å²) in [4.78, 5) is 25.0. The van der Waals surface area contributed by atoms with Gasteiger partial charge in [-0.15, -0.1) is 0 Å². The molecule has 0 spiro atoms. The van der Waals surface area contributed by atoms with E-state index in [9.17, 15) is 23.1 Å². The first kappa shape index (κ1) is 26.2. The van der Waals surface area contributed by atoms with Crippen LogP contribution in [0.1, 0.15) is 58.9 Å². The SMILES string of the molecule is COc1c(-c2ccc3c(c2)CN(S(=O)(=O)c2ccc(C)cc2)C3C)c(F)cc2c(=O)c(C(=O)O)cn(C3CC3)c12. The lowest BCUT2D eigenvalue weighted by molar-refractivity contribution is 0.0694. The lowest BCUT2D eigenvalue weighted by atomic mass is 9.96. The van der Waals surface area contributed by atoms with Gasteiger partial charge in [0.05, 0.1) is 28.5 Å². The van der Waals surface area contributed by atoms with Crippen LogP contribution in [0.25, 0.3) is 22.0 Å². The van der Waals surface area contributed by atoms with E-state index in [0.717, 1.165) is 35.6 Å². The second kappa shape index (κ2) is 9.28. The molecule has 0 amide bonds. The van der Waals surface area contributed by atoms with Crippen molar-refractivity contribution in [2.24, 2.45) is 0 Å². The van der Waals surface area contributed by atoms with Crippen molar-refractivity contribution < 1.29 is 27.4 Å². The zero-order valence-electron chi connectivity index (χ0n) is 22.1. The first-order valence-electron chi connectivity index (χ1n) is 12.9. The van der Waals surface area contributed by atoms with Gasteiger partial charge in [0.2, 0.25) is 15.5 Å². The Bertz CT molecular complexity index is 1880. The molecule has 6 rings (SSSR count). The monoisotopic (exact) mass is 562 g/mol. The Morgan fingerprint density at radius 3 is 2.42 bits per heavy atom. The van der Waals surface area contributed by atoms with Crippen molar-refractivity contribution in [3.05, 3.63) is 93.0 Å². The molecule has 1 unspecified atom stereocenters. The molecule has 0 radical (unpaired) electrons. The van der Waals surface area contributed by atoms with E-state index in [-0.39, 0.29) is 34.2 Å². The van der Waals surface area contributed by atoms with Crippen molar-refractivity contribution in [1.82, 2.24) is 8.87 Å². The molecule has 3 aromatic carbocycles. The predicted molar refractivity (Wildman–Crippen MR) is 148 cm³/mol. The van der Waals surface area contributed by atoms with Gasteiger partial charge in [-0.3, -0.25) is 4.79 Å². The van der Waals surface area contributed by atoms with Crippen molar-refractivity contribution in [1.29, 1.82) is 0 Å². The Morgan fingerprint density at radius 2 is 1.80 bits per heavy atom. The zero-order chi connectivity index (χ0) is 28.5. The molecule has 206 valence electrons. The van der Waals surface area contributed by atoms with Crippen molar-refractivity contribution in [2.75, 3.05) is 7.11 Å². The number of carbonyl (C=O) groups is 1. The van der Waals surface area contributed by atoms with Crippen LogP contribution in [0.15, 0.2) is 64.4 Å². The Morgan fingerprint density at radius 1 is 1.10 bits per heavy atom. The van der Waals surface area contributed by atoms with Gasteiger partial charge in [0.1, 0.15) is 11.4 Å². The quantitative estimate of drug-likeness (QED) is 0.336. The van der Waals surface area contributed by atoms with E-state index in [1.807, 2.05) is 13.8 Å². The normalized spacial score (nSPS) is 17.2. The third kappa shape index (κ3) is 4.01. The molecule has 1 atom stereocenters. The summed E-state index contributed by atoms with van der Waals surface area (Å²) in [7, 11) is -2.39. The molecular weight excluding hydrogens is 535 g/mol. The fourth-order valence-corrected chi connectivity index (χ4v) is 7.21. The summed E-state index contributed by atoms with van der Waals surface area (Å²) in [6, 6.07) is 12.6. The van der Waals surface area contributed by atoms with Gasteiger partial charge in [-0.05, 0) is 67.6 Å². The number of hydrogen-bond donors (Lipinski definition) is 1. The first-order valence-corrected chi connectivity index (χ1v) is 14.4. The highest BCUT2D eigenvalue weighted by molar-refractivity contribution is 7.89. The minimum absolute atomic E-state index is 0.0187. The van der Waals surface area contributed by atoms with Crippen LogP contribution in [0.3, 0.4) is 0 Å². The number of fused-ring (bicyclic) bond motifs is 2. The predicted octanol–water partition coefficient (Wildman–Crippen LogP) is 5.42. The summed E-state index contributed by atoms with van der Waals surface area (Å²) in [5.74, 6) is -1.98. The van der Waals surface area contributed by atoms with E-state index in [1.165, 1.54) is 17.6 Å². The van der Waals surface area contributed by atoms with Crippen molar-refractivity contribution in [2.45, 2.75) is 50.2 Å². The van der Waals surface area contributed by atoms with Gasteiger partial charge in [0.25, 0.3) is 0 Å². The zero-order valence-corrected chi connectivity index (χ0v) is 23.0. The van der Waals surface area contributed by atoms with E-state index >= 15 is 4.39 Å². The van der Waals surface area contributed by atoms with Gasteiger partial charge in [0, 0.05) is 24.8 Å². The number of carboxylic acid groups (broad SMARTS) is 1. The van der Waals surface area contributed by atoms with E-state index in [0.29, 0.717) is 11.1 Å². The topological polar surface area (TPSA) is 106 Å². The second-order valence-electron chi connectivity index (χ2n) is 10.4. The molecule has 1 aromatic heterocycles. The summed E-state index contributed by atoms with van der Waals surface area (Å²) in [6.07, 6.45) is 2.91. The number of methoxy groups -OCH3 is 1. The number of rotatable bonds is 6. The van der Waals surface area contributed by atoms with Gasteiger partial charge >= 0.3 is 5.97 Å². The molecule has 1 N–H and O–H groups in total. The molecule has 2 aliphatic rings. The van der Waals surface area contributed by atoms with Crippen LogP contribution in [-0.2, 0) is 16.6 Å². The lowest BCUT2D eigenvalue weighted by Gasteiger charge is -2.21. The Kier molecular flexibility index (Phi) is 6.08. The maximum Gasteiger partial charge on any atom is 0.341 e. The maximum absolute atomic E-state index is 15.8. The van der Waals surface area contributed by atoms with Crippen LogP contribution < -0.4 is 10.2 Å². The molecule has 40 heavy (non-hydrogen) atoms. The number of pyridine rings is 1. The van der Waals surface area contributed by atoms with Crippen LogP contribution in [0.4, 0.5) is 4.39 Å². The summed E-state index contributed by atoms with van der Waals surface area (Å²) < 4.78 is 51.5. The third-order valence-corrected chi connectivity index (χ3v) is 9.80. The van der Waals surface area contributed by atoms with Crippen LogP contribution >= 0.6 is 0 Å². The number of aromatic nitrogens is 1. The molecule has 10 heteroatoms. The van der Waals surface area contributed by atoms with Crippen LogP contribution in [0, 0.1) is 12.7 Å². The van der Waals surface area contributed by atoms with E-state index in [1.54, 1.807) is 47.0 Å². The van der Waals surface area contributed by atoms with Gasteiger partial charge in [-0.1, -0.05) is 29.8 Å². The number of carboxylic acids is 1. The third-order valence-electron chi connectivity index (χ3n) is 7.87. The first-order chi connectivity index (χ1) is 19.0. The van der Waals surface area contributed by atoms with Gasteiger partial charge in [0.15, 0.2) is 5.75 Å². The highest BCUT2D eigenvalue weighted by atomic mass is 32.2. The molecular formula is C30H27FN2O6S. The molecule has 0 bridgehead atoms. The number of nitrogens with zero attached hydrogens (tertiary/aromatic N) is 2. The standard InChI is InChI=1S/C30H27FN2O6S/c1-16-4-9-21(10-5-16)40(37,38)33-14-19-12-18(6-11-22(19)17(33)2)26-25(31)13-23-27(29(26)39-3)32(20-7-8-20)15-24(28(23)34)30(35)36/h4-6,9-13,15,17,20H,7-8,14H2,1-3H3,(H,35,36). The Balaban J connectivity index is 1.49. The molecule has 1 aliphatic carbocycles. The van der Waals surface area contributed by atoms with Gasteiger partial charge < -0.3 is 14.4 Å². The van der Waals surface area contributed by atoms with E-state index < -0.39 is 38.8 Å². The van der Waals surface area contributed by atoms with Crippen LogP contribution in [-0.4, -0.2) is 35.5 Å². The fourth-order valence-electron chi connectivity index (χ4n) is 5.62. The number of ether oxygens (including phenoxy) is 1. The number of sulfonamides is 1. The van der Waals surface area contributed by atoms with Gasteiger partial charge in [-0.2, -0.15) is 4.31 Å².